The smallest absolute Gasteiger partial charge is 0.144 e. The van der Waals surface area contributed by atoms with E-state index in [1.807, 2.05) is 12.1 Å². The van der Waals surface area contributed by atoms with Gasteiger partial charge in [-0.15, -0.1) is 0 Å². The summed E-state index contributed by atoms with van der Waals surface area (Å²) in [6, 6.07) is 4.28. The molecule has 0 radical (unpaired) electrons. The third-order valence-electron chi connectivity index (χ3n) is 4.70. The summed E-state index contributed by atoms with van der Waals surface area (Å²) in [6.45, 7) is 3.66. The quantitative estimate of drug-likeness (QED) is 0.934. The zero-order chi connectivity index (χ0) is 15.5. The molecule has 2 fully saturated rings. The number of piperidine rings is 1. The van der Waals surface area contributed by atoms with Gasteiger partial charge in [-0.2, -0.15) is 0 Å². The van der Waals surface area contributed by atoms with Crippen molar-refractivity contribution in [2.24, 2.45) is 0 Å². The number of nitrogens with zero attached hydrogens (tertiary/aromatic N) is 3. The summed E-state index contributed by atoms with van der Waals surface area (Å²) in [6.07, 6.45) is 10.2. The van der Waals surface area contributed by atoms with Gasteiger partial charge < -0.3 is 14.5 Å². The minimum absolute atomic E-state index is 0.0370. The van der Waals surface area contributed by atoms with Gasteiger partial charge in [-0.05, 0) is 31.5 Å². The first kappa shape index (κ1) is 14.7. The van der Waals surface area contributed by atoms with E-state index in [0.717, 1.165) is 50.7 Å². The minimum Gasteiger partial charge on any atom is -0.468 e. The topological polar surface area (TPSA) is 63.4 Å². The fraction of sp³-hybridized carbons (Fsp3) is 0.529. The Labute approximate surface area is 135 Å². The van der Waals surface area contributed by atoms with Gasteiger partial charge in [-0.3, -0.25) is 9.88 Å². The van der Waals surface area contributed by atoms with Crippen molar-refractivity contribution in [3.63, 3.8) is 0 Å². The van der Waals surface area contributed by atoms with Gasteiger partial charge in [0.25, 0.3) is 0 Å². The zero-order valence-corrected chi connectivity index (χ0v) is 13.1. The molecule has 2 saturated heterocycles. The number of anilines is 1. The fourth-order valence-electron chi connectivity index (χ4n) is 3.75. The molecular weight excluding hydrogens is 292 g/mol. The van der Waals surface area contributed by atoms with Crippen molar-refractivity contribution in [3.05, 3.63) is 42.7 Å². The minimum atomic E-state index is -0.0370. The van der Waals surface area contributed by atoms with E-state index in [-0.39, 0.29) is 5.60 Å². The van der Waals surface area contributed by atoms with Crippen LogP contribution >= 0.6 is 0 Å². The first-order valence-electron chi connectivity index (χ1n) is 8.23. The zero-order valence-electron chi connectivity index (χ0n) is 13.1. The maximum atomic E-state index is 6.23. The van der Waals surface area contributed by atoms with E-state index in [0.29, 0.717) is 6.04 Å². The maximum Gasteiger partial charge on any atom is 0.144 e. The molecule has 0 unspecified atom stereocenters. The molecule has 2 aromatic heterocycles. The molecule has 0 saturated carbocycles. The predicted octanol–water partition coefficient (Wildman–Crippen LogP) is 2.31. The van der Waals surface area contributed by atoms with Crippen molar-refractivity contribution >= 4 is 5.82 Å². The molecule has 0 bridgehead atoms. The second-order valence-corrected chi connectivity index (χ2v) is 6.52. The SMILES string of the molecule is c1coc(CN2CCC[C@]3(C[C@@H](Nc4cnccn4)CO3)C2)c1. The number of likely N-dealkylation sites (tertiary alicyclic amines) is 1. The molecular formula is C17H22N4O2. The lowest BCUT2D eigenvalue weighted by Gasteiger charge is -2.39. The standard InChI is InChI=1S/C17H22N4O2/c1-3-15(22-8-1)11-21-7-2-4-17(13-21)9-14(12-23-17)20-16-10-18-5-6-19-16/h1,3,5-6,8,10,14H,2,4,7,9,11-13H2,(H,19,20)/t14-,17+/m1/s1. The molecule has 0 aromatic carbocycles. The van der Waals surface area contributed by atoms with E-state index in [9.17, 15) is 0 Å². The summed E-state index contributed by atoms with van der Waals surface area (Å²) in [5.74, 6) is 1.84. The van der Waals surface area contributed by atoms with Crippen molar-refractivity contribution in [2.45, 2.75) is 37.5 Å². The molecule has 0 aliphatic carbocycles. The van der Waals surface area contributed by atoms with E-state index < -0.39 is 0 Å². The Morgan fingerprint density at radius 3 is 3.22 bits per heavy atom. The number of ether oxygens (including phenoxy) is 1. The Morgan fingerprint density at radius 2 is 2.39 bits per heavy atom. The van der Waals surface area contributed by atoms with Crippen LogP contribution in [0.15, 0.2) is 41.4 Å². The Hall–Kier alpha value is -1.92. The Morgan fingerprint density at radius 1 is 1.39 bits per heavy atom. The van der Waals surface area contributed by atoms with E-state index >= 15 is 0 Å². The normalized spacial score (nSPS) is 28.3. The summed E-state index contributed by atoms with van der Waals surface area (Å²) >= 11 is 0. The molecule has 2 aromatic rings. The van der Waals surface area contributed by atoms with Crippen LogP contribution in [-0.2, 0) is 11.3 Å². The van der Waals surface area contributed by atoms with Gasteiger partial charge in [0.15, 0.2) is 0 Å². The van der Waals surface area contributed by atoms with Crippen LogP contribution in [-0.4, -0.2) is 46.2 Å². The lowest BCUT2D eigenvalue weighted by Crippen LogP contribution is -2.47. The average molecular weight is 314 g/mol. The Bertz CT molecular complexity index is 619. The highest BCUT2D eigenvalue weighted by atomic mass is 16.5. The third-order valence-corrected chi connectivity index (χ3v) is 4.70. The highest BCUT2D eigenvalue weighted by molar-refractivity contribution is 5.32. The molecule has 0 amide bonds. The lowest BCUT2D eigenvalue weighted by atomic mass is 9.88. The summed E-state index contributed by atoms with van der Waals surface area (Å²) in [7, 11) is 0. The van der Waals surface area contributed by atoms with Gasteiger partial charge in [0, 0.05) is 25.4 Å². The van der Waals surface area contributed by atoms with E-state index in [1.54, 1.807) is 24.9 Å². The second kappa shape index (κ2) is 6.29. The molecule has 6 heteroatoms. The van der Waals surface area contributed by atoms with E-state index in [4.69, 9.17) is 9.15 Å². The summed E-state index contributed by atoms with van der Waals surface area (Å²) < 4.78 is 11.7. The second-order valence-electron chi connectivity index (χ2n) is 6.52. The number of hydrogen-bond donors (Lipinski definition) is 1. The third kappa shape index (κ3) is 3.38. The van der Waals surface area contributed by atoms with Crippen LogP contribution in [0.1, 0.15) is 25.0 Å². The number of furan rings is 1. The van der Waals surface area contributed by atoms with Gasteiger partial charge >= 0.3 is 0 Å². The summed E-state index contributed by atoms with van der Waals surface area (Å²) in [5.41, 5.74) is -0.0370. The molecule has 2 atom stereocenters. The maximum absolute atomic E-state index is 6.23. The van der Waals surface area contributed by atoms with Gasteiger partial charge in [0.1, 0.15) is 11.6 Å². The number of rotatable bonds is 4. The van der Waals surface area contributed by atoms with Crippen molar-refractivity contribution < 1.29 is 9.15 Å². The Balaban J connectivity index is 1.37. The molecule has 2 aliphatic heterocycles. The molecule has 23 heavy (non-hydrogen) atoms. The van der Waals surface area contributed by atoms with E-state index in [1.165, 1.54) is 6.42 Å². The fourth-order valence-corrected chi connectivity index (χ4v) is 3.75. The lowest BCUT2D eigenvalue weighted by molar-refractivity contribution is -0.0544. The van der Waals surface area contributed by atoms with Crippen molar-refractivity contribution in [2.75, 3.05) is 25.0 Å². The number of hydrogen-bond acceptors (Lipinski definition) is 6. The average Bonchev–Trinajstić information content (AvgIpc) is 3.19. The largest absolute Gasteiger partial charge is 0.468 e. The van der Waals surface area contributed by atoms with Gasteiger partial charge in [-0.1, -0.05) is 0 Å². The molecule has 1 spiro atoms. The monoisotopic (exact) mass is 314 g/mol. The first-order valence-corrected chi connectivity index (χ1v) is 8.23. The van der Waals surface area contributed by atoms with Crippen LogP contribution in [0.3, 0.4) is 0 Å². The van der Waals surface area contributed by atoms with Crippen molar-refractivity contribution in [1.82, 2.24) is 14.9 Å². The molecule has 4 heterocycles. The first-order chi connectivity index (χ1) is 11.3. The van der Waals surface area contributed by atoms with Gasteiger partial charge in [-0.25, -0.2) is 4.98 Å². The molecule has 4 rings (SSSR count). The van der Waals surface area contributed by atoms with E-state index in [2.05, 4.69) is 20.2 Å². The number of aromatic nitrogens is 2. The van der Waals surface area contributed by atoms with Gasteiger partial charge in [0.2, 0.25) is 0 Å². The Kier molecular flexibility index (Phi) is 4.01. The van der Waals surface area contributed by atoms with Crippen LogP contribution in [0.25, 0.3) is 0 Å². The van der Waals surface area contributed by atoms with Crippen LogP contribution in [0.2, 0.25) is 0 Å². The van der Waals surface area contributed by atoms with Crippen LogP contribution < -0.4 is 5.32 Å². The van der Waals surface area contributed by atoms with Crippen LogP contribution in [0.5, 0.6) is 0 Å². The molecule has 2 aliphatic rings. The summed E-state index contributed by atoms with van der Waals surface area (Å²) in [5, 5.41) is 3.44. The molecule has 1 N–H and O–H groups in total. The summed E-state index contributed by atoms with van der Waals surface area (Å²) in [4.78, 5) is 10.8. The molecule has 122 valence electrons. The number of nitrogens with one attached hydrogen (secondary N) is 1. The van der Waals surface area contributed by atoms with Crippen molar-refractivity contribution in [3.8, 4) is 0 Å². The van der Waals surface area contributed by atoms with Crippen LogP contribution in [0, 0.1) is 0 Å². The van der Waals surface area contributed by atoms with Gasteiger partial charge in [0.05, 0.1) is 37.3 Å². The molecule has 6 nitrogen and oxygen atoms in total. The highest BCUT2D eigenvalue weighted by Crippen LogP contribution is 2.36. The predicted molar refractivity (Wildman–Crippen MR) is 86.0 cm³/mol. The highest BCUT2D eigenvalue weighted by Gasteiger charge is 2.43. The van der Waals surface area contributed by atoms with Crippen molar-refractivity contribution in [1.29, 1.82) is 0 Å². The van der Waals surface area contributed by atoms with Crippen LogP contribution in [0.4, 0.5) is 5.82 Å².